The lowest BCUT2D eigenvalue weighted by molar-refractivity contribution is -0.140. The molecule has 16 heteroatoms. The number of amides is 4. The molecule has 3 aromatic heterocycles. The Bertz CT molecular complexity index is 2610. The second kappa shape index (κ2) is 15.8. The smallest absolute Gasteiger partial charge is 0.407 e. The molecule has 2 aliphatic carbocycles. The lowest BCUT2D eigenvalue weighted by Crippen LogP contribution is -2.54. The van der Waals surface area contributed by atoms with E-state index in [0.717, 1.165) is 94.8 Å². The van der Waals surface area contributed by atoms with Crippen molar-refractivity contribution in [3.8, 4) is 39.7 Å². The second-order valence-corrected chi connectivity index (χ2v) is 18.6. The monoisotopic (exact) mass is 857 g/mol. The van der Waals surface area contributed by atoms with Crippen LogP contribution in [-0.2, 0) is 25.8 Å². The Morgan fingerprint density at radius 3 is 2.03 bits per heavy atom. The molecule has 8 atom stereocenters. The van der Waals surface area contributed by atoms with Crippen LogP contribution in [-0.4, -0.2) is 96.7 Å². The summed E-state index contributed by atoms with van der Waals surface area (Å²) in [6.07, 6.45) is 8.28. The zero-order valence-corrected chi connectivity index (χ0v) is 36.5. The number of nitrogens with one attached hydrogen (secondary N) is 4. The molecule has 0 radical (unpaired) electrons. The quantitative estimate of drug-likeness (QED) is 0.112. The van der Waals surface area contributed by atoms with Crippen molar-refractivity contribution in [1.82, 2.24) is 44.9 Å². The van der Waals surface area contributed by atoms with Crippen molar-refractivity contribution in [1.29, 1.82) is 0 Å². The van der Waals surface area contributed by atoms with Crippen LogP contribution in [0.5, 0.6) is 5.75 Å². The number of rotatable bonds is 10. The highest BCUT2D eigenvalue weighted by Crippen LogP contribution is 2.52. The van der Waals surface area contributed by atoms with Crippen molar-refractivity contribution in [2.24, 2.45) is 23.7 Å². The fourth-order valence-electron chi connectivity index (χ4n) is 11.3. The number of hydrogen-bond acceptors (Lipinski definition) is 9. The van der Waals surface area contributed by atoms with Crippen LogP contribution in [0.2, 0.25) is 0 Å². The molecule has 0 spiro atoms. The third-order valence-electron chi connectivity index (χ3n) is 14.3. The van der Waals surface area contributed by atoms with Gasteiger partial charge in [0.15, 0.2) is 6.73 Å². The van der Waals surface area contributed by atoms with Crippen LogP contribution in [0, 0.1) is 23.7 Å². The molecule has 2 saturated heterocycles. The maximum Gasteiger partial charge on any atom is 0.407 e. The highest BCUT2D eigenvalue weighted by atomic mass is 16.5. The third-order valence-corrected chi connectivity index (χ3v) is 14.3. The minimum atomic E-state index is -0.694. The first-order valence-corrected chi connectivity index (χ1v) is 22.3. The van der Waals surface area contributed by atoms with E-state index in [1.165, 1.54) is 14.2 Å². The van der Waals surface area contributed by atoms with Crippen molar-refractivity contribution in [2.45, 2.75) is 109 Å². The van der Waals surface area contributed by atoms with Gasteiger partial charge in [0, 0.05) is 34.2 Å². The fourth-order valence-corrected chi connectivity index (χ4v) is 11.3. The van der Waals surface area contributed by atoms with Gasteiger partial charge in [-0.3, -0.25) is 9.59 Å². The van der Waals surface area contributed by atoms with Gasteiger partial charge in [0.2, 0.25) is 11.8 Å². The summed E-state index contributed by atoms with van der Waals surface area (Å²) >= 11 is 0. The molecule has 2 aromatic carbocycles. The number of hydrogen-bond donors (Lipinski definition) is 4. The van der Waals surface area contributed by atoms with Gasteiger partial charge >= 0.3 is 12.2 Å². The van der Waals surface area contributed by atoms with E-state index in [2.05, 4.69) is 55.5 Å². The van der Waals surface area contributed by atoms with Gasteiger partial charge in [-0.15, -0.1) is 0 Å². The summed E-state index contributed by atoms with van der Waals surface area (Å²) < 4.78 is 18.3. The summed E-state index contributed by atoms with van der Waals surface area (Å²) in [5.74, 6) is 2.42. The molecule has 4 unspecified atom stereocenters. The van der Waals surface area contributed by atoms with E-state index in [9.17, 15) is 19.2 Å². The number of H-pyrrole nitrogens is 2. The Morgan fingerprint density at radius 2 is 1.38 bits per heavy atom. The van der Waals surface area contributed by atoms with Gasteiger partial charge in [-0.25, -0.2) is 19.6 Å². The van der Waals surface area contributed by atoms with Crippen LogP contribution in [0.25, 0.3) is 44.8 Å². The summed E-state index contributed by atoms with van der Waals surface area (Å²) in [7, 11) is 2.61. The van der Waals surface area contributed by atoms with Crippen molar-refractivity contribution in [2.75, 3.05) is 14.2 Å². The molecule has 3 aliphatic heterocycles. The van der Waals surface area contributed by atoms with E-state index in [4.69, 9.17) is 24.2 Å². The number of aromatic nitrogens is 5. The topological polar surface area (TPSA) is 189 Å². The number of likely N-dealkylation sites (tertiary alicyclic amines) is 2. The summed E-state index contributed by atoms with van der Waals surface area (Å²) in [5, 5.41) is 6.60. The van der Waals surface area contributed by atoms with E-state index in [1.54, 1.807) is 0 Å². The van der Waals surface area contributed by atoms with Gasteiger partial charge < -0.3 is 49.2 Å². The number of imidazole rings is 2. The highest BCUT2D eigenvalue weighted by molar-refractivity contribution is 5.92. The molecular weight excluding hydrogens is 803 g/mol. The molecular formula is C47H55N9O7. The van der Waals surface area contributed by atoms with E-state index in [0.29, 0.717) is 24.4 Å². The number of fused-ring (bicyclic) bond motifs is 9. The molecule has 6 heterocycles. The first-order valence-electron chi connectivity index (χ1n) is 22.3. The minimum absolute atomic E-state index is 0.0919. The molecule has 2 saturated carbocycles. The number of methoxy groups -OCH3 is 2. The third kappa shape index (κ3) is 6.88. The molecule has 5 aliphatic rings. The molecule has 330 valence electrons. The SMILES string of the molecule is COC(=O)N[C@H](C(=O)N1C2CCC(C2)[C@H]1c1cnc(-c2ccc3c(c2)OCn2c-3cc3cc(-c4cnc([C@@H]5C6CCC(C6)N5C(=O)[C@@H](NC(=O)OC)C(C)C)[nH]4)ccc32)[nH]1)C(C)C. The van der Waals surface area contributed by atoms with E-state index in [1.807, 2.05) is 62.0 Å². The first kappa shape index (κ1) is 40.7. The predicted molar refractivity (Wildman–Crippen MR) is 233 cm³/mol. The number of alkyl carbamates (subject to hydrolysis) is 2. The number of aromatic amines is 2. The van der Waals surface area contributed by atoms with Gasteiger partial charge in [0.1, 0.15) is 29.5 Å². The summed E-state index contributed by atoms with van der Waals surface area (Å²) in [5.41, 5.74) is 6.70. The average molecular weight is 858 g/mol. The Morgan fingerprint density at radius 1 is 0.746 bits per heavy atom. The van der Waals surface area contributed by atoms with E-state index >= 15 is 0 Å². The summed E-state index contributed by atoms with van der Waals surface area (Å²) in [6.45, 7) is 8.07. The fraction of sp³-hybridized carbons (Fsp3) is 0.489. The minimum Gasteiger partial charge on any atom is -0.472 e. The Labute approximate surface area is 365 Å². The number of benzene rings is 2. The van der Waals surface area contributed by atoms with Crippen LogP contribution >= 0.6 is 0 Å². The Kier molecular flexibility index (Phi) is 10.2. The van der Waals surface area contributed by atoms with Crippen LogP contribution in [0.4, 0.5) is 9.59 Å². The number of nitrogens with zero attached hydrogens (tertiary/aromatic N) is 5. The van der Waals surface area contributed by atoms with Crippen molar-refractivity contribution >= 4 is 34.9 Å². The molecule has 4 amide bonds. The van der Waals surface area contributed by atoms with Crippen molar-refractivity contribution < 1.29 is 33.4 Å². The maximum atomic E-state index is 14.1. The molecule has 4 bridgehead atoms. The lowest BCUT2D eigenvalue weighted by atomic mass is 9.94. The molecule has 63 heavy (non-hydrogen) atoms. The summed E-state index contributed by atoms with van der Waals surface area (Å²) in [4.78, 5) is 73.2. The highest BCUT2D eigenvalue weighted by Gasteiger charge is 2.52. The van der Waals surface area contributed by atoms with Crippen LogP contribution in [0.1, 0.15) is 89.8 Å². The Hall–Kier alpha value is -6.32. The number of carbonyl (C=O) groups excluding carboxylic acids is 4. The van der Waals surface area contributed by atoms with Crippen molar-refractivity contribution in [3.05, 3.63) is 66.4 Å². The van der Waals surface area contributed by atoms with Crippen LogP contribution in [0.3, 0.4) is 0 Å². The predicted octanol–water partition coefficient (Wildman–Crippen LogP) is 7.30. The molecule has 5 aromatic rings. The second-order valence-electron chi connectivity index (χ2n) is 18.6. The zero-order valence-electron chi connectivity index (χ0n) is 36.5. The van der Waals surface area contributed by atoms with Gasteiger partial charge in [0.05, 0.1) is 61.3 Å². The maximum absolute atomic E-state index is 14.1. The van der Waals surface area contributed by atoms with Crippen LogP contribution in [0.15, 0.2) is 54.9 Å². The number of carbonyl (C=O) groups is 4. The Balaban J connectivity index is 0.884. The largest absolute Gasteiger partial charge is 0.472 e. The van der Waals surface area contributed by atoms with Gasteiger partial charge in [-0.1, -0.05) is 39.8 Å². The number of piperidine rings is 2. The normalized spacial score (nSPS) is 24.1. The van der Waals surface area contributed by atoms with Gasteiger partial charge in [0.25, 0.3) is 0 Å². The molecule has 16 nitrogen and oxygen atoms in total. The molecule has 10 rings (SSSR count). The van der Waals surface area contributed by atoms with E-state index < -0.39 is 24.3 Å². The summed E-state index contributed by atoms with van der Waals surface area (Å²) in [6, 6.07) is 13.2. The van der Waals surface area contributed by atoms with Gasteiger partial charge in [-0.05, 0) is 92.5 Å². The van der Waals surface area contributed by atoms with Crippen LogP contribution < -0.4 is 15.4 Å². The molecule has 4 N–H and O–H groups in total. The number of ether oxygens (including phenoxy) is 3. The average Bonchev–Trinajstić information content (AvgIpc) is 4.16. The van der Waals surface area contributed by atoms with Crippen molar-refractivity contribution in [3.63, 3.8) is 0 Å². The molecule has 4 fully saturated rings. The standard InChI is InChI=1S/C47H55N9O7/c1-23(2)38(52-46(59)61-5)44(57)55-30-11-7-26(16-30)40(55)34-21-48-42(51-34)28-9-13-32-36-18-29-15-25(10-14-35(29)54(36)22-63-37(32)19-28)33-20-49-43(50-33)41-27-8-12-31(17-27)56(41)45(58)39(24(3)4)53-47(60)62-6/h9-10,13-15,18-21,23-24,26-27,30-31,38-41H,7-8,11-12,16-17,22H2,1-6H3,(H,48,51)(H,49,50)(H,52,59)(H,53,60)/t26?,27?,30?,31?,38-,39-,40-,41-/m0/s1. The lowest BCUT2D eigenvalue weighted by Gasteiger charge is -2.38. The van der Waals surface area contributed by atoms with Gasteiger partial charge in [-0.2, -0.15) is 0 Å². The van der Waals surface area contributed by atoms with E-state index in [-0.39, 0.29) is 47.8 Å². The first-order chi connectivity index (χ1) is 30.4. The zero-order chi connectivity index (χ0) is 43.8.